The molecule has 0 aromatic carbocycles. The lowest BCUT2D eigenvalue weighted by atomic mass is 9.93. The van der Waals surface area contributed by atoms with Gasteiger partial charge in [-0.1, -0.05) is 26.7 Å². The number of aliphatic imine (C=N–C) groups is 1. The van der Waals surface area contributed by atoms with Gasteiger partial charge in [0.2, 0.25) is 0 Å². The highest BCUT2D eigenvalue weighted by molar-refractivity contribution is 5.79. The van der Waals surface area contributed by atoms with Gasteiger partial charge in [0.05, 0.1) is 6.61 Å². The zero-order valence-corrected chi connectivity index (χ0v) is 13.5. The van der Waals surface area contributed by atoms with Crippen molar-refractivity contribution in [3.63, 3.8) is 0 Å². The third kappa shape index (κ3) is 7.38. The molecular formula is C14H32N4O. The first kappa shape index (κ1) is 18.2. The van der Waals surface area contributed by atoms with Crippen LogP contribution in [0.3, 0.4) is 0 Å². The van der Waals surface area contributed by atoms with Gasteiger partial charge in [-0.15, -0.1) is 0 Å². The van der Waals surface area contributed by atoms with Gasteiger partial charge in [0.15, 0.2) is 5.96 Å². The smallest absolute Gasteiger partial charge is 0.191 e. The topological polar surface area (TPSA) is 48.9 Å². The minimum absolute atomic E-state index is 0.524. The summed E-state index contributed by atoms with van der Waals surface area (Å²) in [5, 5.41) is 6.64. The zero-order chi connectivity index (χ0) is 14.7. The van der Waals surface area contributed by atoms with Crippen LogP contribution >= 0.6 is 0 Å². The van der Waals surface area contributed by atoms with Crippen LogP contribution in [0, 0.1) is 5.92 Å². The Hall–Kier alpha value is -0.810. The maximum atomic E-state index is 5.02. The van der Waals surface area contributed by atoms with E-state index in [9.17, 15) is 0 Å². The van der Waals surface area contributed by atoms with Gasteiger partial charge in [-0.2, -0.15) is 0 Å². The molecule has 0 aliphatic rings. The molecule has 0 saturated heterocycles. The standard InChI is InChI=1S/C14H32N4O/c1-7-12(8-2)13(18(4)5)11-17-14(15-3)16-9-10-19-6/h12-13H,7-11H2,1-6H3,(H2,15,16,17). The average Bonchev–Trinajstić information content (AvgIpc) is 2.41. The summed E-state index contributed by atoms with van der Waals surface area (Å²) in [5.41, 5.74) is 0. The van der Waals surface area contributed by atoms with Crippen LogP contribution in [0.15, 0.2) is 4.99 Å². The summed E-state index contributed by atoms with van der Waals surface area (Å²) in [6, 6.07) is 0.524. The number of methoxy groups -OCH3 is 1. The molecule has 5 heteroatoms. The molecule has 0 saturated carbocycles. The number of rotatable bonds is 9. The summed E-state index contributed by atoms with van der Waals surface area (Å²) >= 11 is 0. The molecule has 0 fully saturated rings. The molecular weight excluding hydrogens is 240 g/mol. The van der Waals surface area contributed by atoms with Gasteiger partial charge in [-0.3, -0.25) is 4.99 Å². The molecule has 0 radical (unpaired) electrons. The molecule has 0 rings (SSSR count). The molecule has 1 unspecified atom stereocenters. The Kier molecular flexibility index (Phi) is 10.6. The van der Waals surface area contributed by atoms with Crippen molar-refractivity contribution in [1.29, 1.82) is 0 Å². The summed E-state index contributed by atoms with van der Waals surface area (Å²) in [7, 11) is 7.79. The molecule has 0 spiro atoms. The maximum absolute atomic E-state index is 5.02. The average molecular weight is 272 g/mol. The van der Waals surface area contributed by atoms with Crippen LogP contribution in [0.25, 0.3) is 0 Å². The number of hydrogen-bond acceptors (Lipinski definition) is 3. The molecule has 0 aromatic rings. The fourth-order valence-electron chi connectivity index (χ4n) is 2.30. The van der Waals surface area contributed by atoms with E-state index in [-0.39, 0.29) is 0 Å². The minimum Gasteiger partial charge on any atom is -0.383 e. The highest BCUT2D eigenvalue weighted by atomic mass is 16.5. The molecule has 19 heavy (non-hydrogen) atoms. The van der Waals surface area contributed by atoms with Crippen LogP contribution in [0.1, 0.15) is 26.7 Å². The SMILES string of the molecule is CCC(CC)C(CNC(=NC)NCCOC)N(C)C. The van der Waals surface area contributed by atoms with E-state index < -0.39 is 0 Å². The number of hydrogen-bond donors (Lipinski definition) is 2. The zero-order valence-electron chi connectivity index (χ0n) is 13.5. The second-order valence-electron chi connectivity index (χ2n) is 4.98. The molecule has 0 bridgehead atoms. The molecule has 0 heterocycles. The molecule has 0 amide bonds. The summed E-state index contributed by atoms with van der Waals surface area (Å²) in [4.78, 5) is 6.52. The van der Waals surface area contributed by atoms with E-state index in [2.05, 4.69) is 48.5 Å². The quantitative estimate of drug-likeness (QED) is 0.376. The van der Waals surface area contributed by atoms with Gasteiger partial charge >= 0.3 is 0 Å². The molecule has 0 aliphatic carbocycles. The van der Waals surface area contributed by atoms with Crippen molar-refractivity contribution >= 4 is 5.96 Å². The number of guanidine groups is 1. The first-order chi connectivity index (χ1) is 9.10. The van der Waals surface area contributed by atoms with Crippen LogP contribution in [0.5, 0.6) is 0 Å². The number of ether oxygens (including phenoxy) is 1. The van der Waals surface area contributed by atoms with Crippen molar-refractivity contribution in [3.8, 4) is 0 Å². The second kappa shape index (κ2) is 11.1. The maximum Gasteiger partial charge on any atom is 0.191 e. The van der Waals surface area contributed by atoms with Gasteiger partial charge in [-0.05, 0) is 20.0 Å². The Morgan fingerprint density at radius 1 is 1.21 bits per heavy atom. The predicted molar refractivity (Wildman–Crippen MR) is 82.8 cm³/mol. The summed E-state index contributed by atoms with van der Waals surface area (Å²) < 4.78 is 5.02. The third-order valence-electron chi connectivity index (χ3n) is 3.56. The van der Waals surface area contributed by atoms with Crippen LogP contribution in [0.4, 0.5) is 0 Å². The fraction of sp³-hybridized carbons (Fsp3) is 0.929. The van der Waals surface area contributed by atoms with E-state index in [4.69, 9.17) is 4.74 Å². The first-order valence-electron chi connectivity index (χ1n) is 7.20. The molecule has 114 valence electrons. The van der Waals surface area contributed by atoms with Crippen molar-refractivity contribution in [3.05, 3.63) is 0 Å². The van der Waals surface area contributed by atoms with Crippen LogP contribution in [-0.4, -0.2) is 64.9 Å². The largest absolute Gasteiger partial charge is 0.383 e. The van der Waals surface area contributed by atoms with Crippen molar-refractivity contribution in [2.75, 3.05) is 47.9 Å². The third-order valence-corrected chi connectivity index (χ3v) is 3.56. The van der Waals surface area contributed by atoms with Crippen molar-refractivity contribution in [2.24, 2.45) is 10.9 Å². The Balaban J connectivity index is 4.28. The molecule has 1 atom stereocenters. The first-order valence-corrected chi connectivity index (χ1v) is 7.20. The molecule has 0 aliphatic heterocycles. The number of nitrogens with zero attached hydrogens (tertiary/aromatic N) is 2. The van der Waals surface area contributed by atoms with E-state index in [1.807, 2.05) is 0 Å². The van der Waals surface area contributed by atoms with Gasteiger partial charge in [0, 0.05) is 33.3 Å². The van der Waals surface area contributed by atoms with E-state index in [0.29, 0.717) is 18.6 Å². The van der Waals surface area contributed by atoms with E-state index in [1.165, 1.54) is 12.8 Å². The summed E-state index contributed by atoms with van der Waals surface area (Å²) in [6.07, 6.45) is 2.41. The summed E-state index contributed by atoms with van der Waals surface area (Å²) in [6.45, 7) is 6.89. The highest BCUT2D eigenvalue weighted by Gasteiger charge is 2.20. The fourth-order valence-corrected chi connectivity index (χ4v) is 2.30. The van der Waals surface area contributed by atoms with Crippen LogP contribution in [-0.2, 0) is 4.74 Å². The van der Waals surface area contributed by atoms with E-state index in [1.54, 1.807) is 14.2 Å². The predicted octanol–water partition coefficient (Wildman–Crippen LogP) is 1.16. The Labute approximate surface area is 118 Å². The van der Waals surface area contributed by atoms with Crippen LogP contribution < -0.4 is 10.6 Å². The Morgan fingerprint density at radius 3 is 2.26 bits per heavy atom. The van der Waals surface area contributed by atoms with Crippen molar-refractivity contribution in [2.45, 2.75) is 32.7 Å². The Morgan fingerprint density at radius 2 is 1.84 bits per heavy atom. The summed E-state index contributed by atoms with van der Waals surface area (Å²) in [5.74, 6) is 1.55. The van der Waals surface area contributed by atoms with Gasteiger partial charge in [-0.25, -0.2) is 0 Å². The van der Waals surface area contributed by atoms with Crippen LogP contribution in [0.2, 0.25) is 0 Å². The van der Waals surface area contributed by atoms with Crippen molar-refractivity contribution < 1.29 is 4.74 Å². The second-order valence-corrected chi connectivity index (χ2v) is 4.98. The van der Waals surface area contributed by atoms with E-state index in [0.717, 1.165) is 19.0 Å². The van der Waals surface area contributed by atoms with E-state index >= 15 is 0 Å². The lowest BCUT2D eigenvalue weighted by Gasteiger charge is -2.32. The monoisotopic (exact) mass is 272 g/mol. The van der Waals surface area contributed by atoms with Gasteiger partial charge < -0.3 is 20.3 Å². The number of nitrogens with one attached hydrogen (secondary N) is 2. The molecule has 0 aromatic heterocycles. The lowest BCUT2D eigenvalue weighted by molar-refractivity contribution is 0.198. The number of likely N-dealkylation sites (N-methyl/N-ethyl adjacent to an activating group) is 1. The normalized spacial score (nSPS) is 14.0. The van der Waals surface area contributed by atoms with Gasteiger partial charge in [0.1, 0.15) is 0 Å². The Bertz CT molecular complexity index is 240. The highest BCUT2D eigenvalue weighted by Crippen LogP contribution is 2.16. The molecule has 5 nitrogen and oxygen atoms in total. The van der Waals surface area contributed by atoms with Crippen molar-refractivity contribution in [1.82, 2.24) is 15.5 Å². The lowest BCUT2D eigenvalue weighted by Crippen LogP contribution is -2.48. The molecule has 2 N–H and O–H groups in total. The van der Waals surface area contributed by atoms with Gasteiger partial charge in [0.25, 0.3) is 0 Å². The minimum atomic E-state index is 0.524.